The number of carbonyl (C=O) groups is 1. The number of aryl methyl sites for hydroxylation is 1. The van der Waals surface area contributed by atoms with E-state index in [0.29, 0.717) is 0 Å². The van der Waals surface area contributed by atoms with Crippen LogP contribution in [0, 0.1) is 5.92 Å². The van der Waals surface area contributed by atoms with Crippen LogP contribution in [0.3, 0.4) is 0 Å². The minimum absolute atomic E-state index is 0.0582. The van der Waals surface area contributed by atoms with Gasteiger partial charge in [-0.2, -0.15) is 0 Å². The van der Waals surface area contributed by atoms with Crippen molar-refractivity contribution >= 4 is 16.0 Å². The molecule has 1 atom stereocenters. The largest absolute Gasteiger partial charge is 0.481 e. The lowest BCUT2D eigenvalue weighted by Gasteiger charge is -2.11. The molecule has 0 amide bonds. The molecule has 0 aliphatic heterocycles. The van der Waals surface area contributed by atoms with Gasteiger partial charge in [-0.05, 0) is 30.0 Å². The molecule has 5 nitrogen and oxygen atoms in total. The Morgan fingerprint density at radius 1 is 1.32 bits per heavy atom. The van der Waals surface area contributed by atoms with Crippen molar-refractivity contribution in [2.24, 2.45) is 5.92 Å². The first-order valence-electron chi connectivity index (χ1n) is 6.15. The third-order valence-electron chi connectivity index (χ3n) is 2.79. The number of hydrogen-bond donors (Lipinski definition) is 2. The number of hydrogen-bond acceptors (Lipinski definition) is 3. The smallest absolute Gasteiger partial charge is 0.303 e. The van der Waals surface area contributed by atoms with Gasteiger partial charge in [0, 0.05) is 13.0 Å². The van der Waals surface area contributed by atoms with Gasteiger partial charge in [-0.25, -0.2) is 13.1 Å². The van der Waals surface area contributed by atoms with Crippen molar-refractivity contribution in [1.29, 1.82) is 0 Å². The fourth-order valence-electron chi connectivity index (χ4n) is 1.61. The van der Waals surface area contributed by atoms with Crippen LogP contribution in [0.4, 0.5) is 0 Å². The van der Waals surface area contributed by atoms with Crippen molar-refractivity contribution in [3.05, 3.63) is 29.8 Å². The number of carboxylic acids is 1. The Morgan fingerprint density at radius 3 is 2.37 bits per heavy atom. The lowest BCUT2D eigenvalue weighted by Crippen LogP contribution is -2.29. The molecule has 1 unspecified atom stereocenters. The Balaban J connectivity index is 2.67. The molecule has 19 heavy (non-hydrogen) atoms. The molecule has 0 aromatic heterocycles. The summed E-state index contributed by atoms with van der Waals surface area (Å²) in [5.74, 6) is -1.18. The molecule has 6 heteroatoms. The molecule has 0 aliphatic carbocycles. The van der Waals surface area contributed by atoms with Gasteiger partial charge in [0.05, 0.1) is 4.90 Å². The predicted octanol–water partition coefficient (Wildman–Crippen LogP) is 1.64. The Labute approximate surface area is 113 Å². The maximum atomic E-state index is 12.0. The first-order valence-corrected chi connectivity index (χ1v) is 7.64. The lowest BCUT2D eigenvalue weighted by atomic mass is 10.1. The summed E-state index contributed by atoms with van der Waals surface area (Å²) in [7, 11) is -3.56. The molecule has 2 N–H and O–H groups in total. The van der Waals surface area contributed by atoms with Crippen LogP contribution in [0.25, 0.3) is 0 Å². The van der Waals surface area contributed by atoms with Crippen LogP contribution in [0.15, 0.2) is 29.2 Å². The SMILES string of the molecule is CCc1ccc(S(=O)(=O)NCC(C)CC(=O)O)cc1. The Hall–Kier alpha value is -1.40. The minimum Gasteiger partial charge on any atom is -0.481 e. The third kappa shape index (κ3) is 5.00. The summed E-state index contributed by atoms with van der Waals surface area (Å²) < 4.78 is 26.4. The predicted molar refractivity (Wildman–Crippen MR) is 72.4 cm³/mol. The summed E-state index contributed by atoms with van der Waals surface area (Å²) >= 11 is 0. The summed E-state index contributed by atoms with van der Waals surface area (Å²) in [5, 5.41) is 8.61. The molecular weight excluding hydrogens is 266 g/mol. The number of benzene rings is 1. The number of nitrogens with one attached hydrogen (secondary N) is 1. The summed E-state index contributed by atoms with van der Waals surface area (Å²) in [4.78, 5) is 10.7. The molecule has 1 aromatic carbocycles. The minimum atomic E-state index is -3.56. The van der Waals surface area contributed by atoms with Gasteiger partial charge < -0.3 is 5.11 Å². The monoisotopic (exact) mass is 285 g/mol. The van der Waals surface area contributed by atoms with E-state index in [0.717, 1.165) is 12.0 Å². The van der Waals surface area contributed by atoms with Crippen molar-refractivity contribution in [3.8, 4) is 0 Å². The number of rotatable bonds is 7. The standard InChI is InChI=1S/C13H19NO4S/c1-3-11-4-6-12(7-5-11)19(17,18)14-9-10(2)8-13(15)16/h4-7,10,14H,3,8-9H2,1-2H3,(H,15,16). The molecule has 0 heterocycles. The molecule has 106 valence electrons. The van der Waals surface area contributed by atoms with Crippen molar-refractivity contribution in [1.82, 2.24) is 4.72 Å². The summed E-state index contributed by atoms with van der Waals surface area (Å²) in [6, 6.07) is 6.66. The van der Waals surface area contributed by atoms with E-state index in [-0.39, 0.29) is 23.8 Å². The van der Waals surface area contributed by atoms with Crippen molar-refractivity contribution in [2.45, 2.75) is 31.6 Å². The highest BCUT2D eigenvalue weighted by Gasteiger charge is 2.16. The van der Waals surface area contributed by atoms with Crippen LogP contribution in [-0.2, 0) is 21.2 Å². The lowest BCUT2D eigenvalue weighted by molar-refractivity contribution is -0.137. The van der Waals surface area contributed by atoms with Crippen LogP contribution in [0.5, 0.6) is 0 Å². The quantitative estimate of drug-likeness (QED) is 0.797. The van der Waals surface area contributed by atoms with Crippen molar-refractivity contribution in [2.75, 3.05) is 6.54 Å². The Bertz CT molecular complexity index is 522. The van der Waals surface area contributed by atoms with Crippen LogP contribution in [0.1, 0.15) is 25.8 Å². The Morgan fingerprint density at radius 2 is 1.89 bits per heavy atom. The fraction of sp³-hybridized carbons (Fsp3) is 0.462. The van der Waals surface area contributed by atoms with E-state index in [1.54, 1.807) is 31.2 Å². The highest BCUT2D eigenvalue weighted by Crippen LogP contribution is 2.11. The van der Waals surface area contributed by atoms with E-state index < -0.39 is 16.0 Å². The maximum Gasteiger partial charge on any atom is 0.303 e. The normalized spacial score (nSPS) is 13.2. The van der Waals surface area contributed by atoms with Crippen molar-refractivity contribution < 1.29 is 18.3 Å². The molecule has 1 aromatic rings. The van der Waals surface area contributed by atoms with Gasteiger partial charge in [0.15, 0.2) is 0 Å². The first-order chi connectivity index (χ1) is 8.85. The van der Waals surface area contributed by atoms with Gasteiger partial charge in [-0.3, -0.25) is 4.79 Å². The number of aliphatic carboxylic acids is 1. The number of sulfonamides is 1. The zero-order chi connectivity index (χ0) is 14.5. The molecule has 0 bridgehead atoms. The molecule has 0 spiro atoms. The van der Waals surface area contributed by atoms with E-state index in [1.165, 1.54) is 0 Å². The van der Waals surface area contributed by atoms with Crippen LogP contribution < -0.4 is 4.72 Å². The van der Waals surface area contributed by atoms with Gasteiger partial charge in [0.25, 0.3) is 0 Å². The molecule has 0 radical (unpaired) electrons. The second-order valence-electron chi connectivity index (χ2n) is 4.55. The van der Waals surface area contributed by atoms with Gasteiger partial charge in [-0.15, -0.1) is 0 Å². The van der Waals surface area contributed by atoms with Crippen LogP contribution >= 0.6 is 0 Å². The van der Waals surface area contributed by atoms with E-state index in [4.69, 9.17) is 5.11 Å². The average molecular weight is 285 g/mol. The highest BCUT2D eigenvalue weighted by molar-refractivity contribution is 7.89. The van der Waals surface area contributed by atoms with Crippen molar-refractivity contribution in [3.63, 3.8) is 0 Å². The molecule has 0 saturated heterocycles. The van der Waals surface area contributed by atoms with Gasteiger partial charge in [0.2, 0.25) is 10.0 Å². The van der Waals surface area contributed by atoms with E-state index in [9.17, 15) is 13.2 Å². The second kappa shape index (κ2) is 6.68. The van der Waals surface area contributed by atoms with Gasteiger partial charge in [-0.1, -0.05) is 26.0 Å². The molecule has 0 saturated carbocycles. The molecule has 1 rings (SSSR count). The summed E-state index contributed by atoms with van der Waals surface area (Å²) in [6.07, 6.45) is 0.792. The summed E-state index contributed by atoms with van der Waals surface area (Å²) in [6.45, 7) is 3.80. The van der Waals surface area contributed by atoms with E-state index in [1.807, 2.05) is 6.92 Å². The zero-order valence-electron chi connectivity index (χ0n) is 11.1. The fourth-order valence-corrected chi connectivity index (χ4v) is 2.77. The highest BCUT2D eigenvalue weighted by atomic mass is 32.2. The van der Waals surface area contributed by atoms with Crippen LogP contribution in [-0.4, -0.2) is 26.0 Å². The molecule has 0 aliphatic rings. The Kier molecular flexibility index (Phi) is 5.50. The van der Waals surface area contributed by atoms with Gasteiger partial charge >= 0.3 is 5.97 Å². The first kappa shape index (κ1) is 15.7. The second-order valence-corrected chi connectivity index (χ2v) is 6.32. The van der Waals surface area contributed by atoms with E-state index >= 15 is 0 Å². The van der Waals surface area contributed by atoms with Crippen LogP contribution in [0.2, 0.25) is 0 Å². The zero-order valence-corrected chi connectivity index (χ0v) is 11.9. The topological polar surface area (TPSA) is 83.5 Å². The average Bonchev–Trinajstić information content (AvgIpc) is 2.36. The number of carboxylic acid groups (broad SMARTS) is 1. The third-order valence-corrected chi connectivity index (χ3v) is 4.23. The van der Waals surface area contributed by atoms with E-state index in [2.05, 4.69) is 4.72 Å². The van der Waals surface area contributed by atoms with Gasteiger partial charge in [0.1, 0.15) is 0 Å². The molecule has 0 fully saturated rings. The maximum absolute atomic E-state index is 12.0. The summed E-state index contributed by atoms with van der Waals surface area (Å²) in [5.41, 5.74) is 1.07. The molecular formula is C13H19NO4S.